The lowest BCUT2D eigenvalue weighted by atomic mass is 10.1. The maximum Gasteiger partial charge on any atom is 0.348 e. The van der Waals surface area contributed by atoms with Gasteiger partial charge in [-0.3, -0.25) is 4.79 Å². The van der Waals surface area contributed by atoms with Gasteiger partial charge < -0.3 is 14.4 Å². The molecule has 0 radical (unpaired) electrons. The van der Waals surface area contributed by atoms with Gasteiger partial charge in [-0.2, -0.15) is 0 Å². The number of benzene rings is 2. The van der Waals surface area contributed by atoms with Crippen LogP contribution in [0.4, 0.5) is 14.5 Å². The van der Waals surface area contributed by atoms with E-state index in [1.807, 2.05) is 0 Å². The molecule has 0 saturated carbocycles. The maximum absolute atomic E-state index is 13.9. The molecule has 1 heterocycles. The highest BCUT2D eigenvalue weighted by Gasteiger charge is 2.35. The Kier molecular flexibility index (Phi) is 4.16. The summed E-state index contributed by atoms with van der Waals surface area (Å²) in [6.45, 7) is -0.168. The maximum atomic E-state index is 13.9. The number of carbonyl (C=O) groups excluding carboxylic acids is 2. The van der Waals surface area contributed by atoms with Gasteiger partial charge >= 0.3 is 5.97 Å². The molecule has 0 aromatic heterocycles. The van der Waals surface area contributed by atoms with Gasteiger partial charge in [0.05, 0.1) is 24.9 Å². The number of hydrogen-bond acceptors (Lipinski definition) is 4. The Bertz CT molecular complexity index is 809. The number of hydrogen-bond donors (Lipinski definition) is 0. The number of para-hydroxylation sites is 2. The molecule has 1 atom stereocenters. The highest BCUT2D eigenvalue weighted by atomic mass is 19.1. The summed E-state index contributed by atoms with van der Waals surface area (Å²) in [5.74, 6) is -2.73. The Balaban J connectivity index is 2.03. The van der Waals surface area contributed by atoms with E-state index in [-0.39, 0.29) is 12.3 Å². The van der Waals surface area contributed by atoms with Crippen LogP contribution in [0, 0.1) is 11.6 Å². The largest absolute Gasteiger partial charge is 0.475 e. The molecule has 0 aliphatic carbocycles. The van der Waals surface area contributed by atoms with Crippen molar-refractivity contribution in [2.24, 2.45) is 0 Å². The van der Waals surface area contributed by atoms with E-state index >= 15 is 0 Å². The smallest absolute Gasteiger partial charge is 0.348 e. The minimum absolute atomic E-state index is 0.168. The summed E-state index contributed by atoms with van der Waals surface area (Å²) in [4.78, 5) is 25.7. The van der Waals surface area contributed by atoms with Crippen LogP contribution in [-0.4, -0.2) is 31.6 Å². The zero-order chi connectivity index (χ0) is 17.3. The summed E-state index contributed by atoms with van der Waals surface area (Å²) in [5.41, 5.74) is -0.0540. The average Bonchev–Trinajstić information content (AvgIpc) is 2.61. The topological polar surface area (TPSA) is 55.8 Å². The molecular weight excluding hydrogens is 320 g/mol. The zero-order valence-corrected chi connectivity index (χ0v) is 12.7. The van der Waals surface area contributed by atoms with Crippen molar-refractivity contribution >= 4 is 17.6 Å². The standard InChI is InChI=1S/C17H13F2NO4/c1-23-17(22)15-9-20(13-4-2-3-5-14(13)24-15)16(21)11-8-10(18)6-7-12(11)19/h2-8,15H,9H2,1H3/t15-/m0/s1. The number of esters is 1. The molecule has 0 saturated heterocycles. The van der Waals surface area contributed by atoms with Crippen molar-refractivity contribution in [3.63, 3.8) is 0 Å². The Morgan fingerprint density at radius 1 is 1.21 bits per heavy atom. The Labute approximate surface area is 136 Å². The first-order valence-corrected chi connectivity index (χ1v) is 7.11. The molecule has 2 aromatic rings. The van der Waals surface area contributed by atoms with Gasteiger partial charge in [-0.15, -0.1) is 0 Å². The number of ether oxygens (including phenoxy) is 2. The van der Waals surface area contributed by atoms with Crippen LogP contribution in [0.1, 0.15) is 10.4 Å². The fraction of sp³-hybridized carbons (Fsp3) is 0.176. The van der Waals surface area contributed by atoms with Crippen molar-refractivity contribution in [2.75, 3.05) is 18.6 Å². The lowest BCUT2D eigenvalue weighted by Gasteiger charge is -2.33. The van der Waals surface area contributed by atoms with Gasteiger partial charge in [-0.25, -0.2) is 13.6 Å². The lowest BCUT2D eigenvalue weighted by molar-refractivity contribution is -0.148. The Hall–Kier alpha value is -2.96. The van der Waals surface area contributed by atoms with E-state index in [9.17, 15) is 18.4 Å². The van der Waals surface area contributed by atoms with E-state index in [1.165, 1.54) is 12.0 Å². The number of rotatable bonds is 2. The van der Waals surface area contributed by atoms with E-state index in [2.05, 4.69) is 4.74 Å². The second kappa shape index (κ2) is 6.27. The number of nitrogens with zero attached hydrogens (tertiary/aromatic N) is 1. The van der Waals surface area contributed by atoms with Crippen LogP contribution in [0.15, 0.2) is 42.5 Å². The second-order valence-electron chi connectivity index (χ2n) is 5.14. The molecule has 1 amide bonds. The second-order valence-corrected chi connectivity index (χ2v) is 5.14. The molecule has 0 spiro atoms. The molecule has 0 unspecified atom stereocenters. The molecule has 7 heteroatoms. The van der Waals surface area contributed by atoms with Gasteiger partial charge in [0.25, 0.3) is 5.91 Å². The molecule has 5 nitrogen and oxygen atoms in total. The van der Waals surface area contributed by atoms with Gasteiger partial charge in [0.2, 0.25) is 6.10 Å². The van der Waals surface area contributed by atoms with Gasteiger partial charge in [-0.1, -0.05) is 12.1 Å². The van der Waals surface area contributed by atoms with Crippen LogP contribution >= 0.6 is 0 Å². The van der Waals surface area contributed by atoms with Crippen molar-refractivity contribution in [3.05, 3.63) is 59.7 Å². The lowest BCUT2D eigenvalue weighted by Crippen LogP contribution is -2.47. The van der Waals surface area contributed by atoms with Crippen molar-refractivity contribution in [2.45, 2.75) is 6.10 Å². The Morgan fingerprint density at radius 2 is 1.96 bits per heavy atom. The minimum Gasteiger partial charge on any atom is -0.475 e. The summed E-state index contributed by atoms with van der Waals surface area (Å²) in [7, 11) is 1.20. The predicted molar refractivity (Wildman–Crippen MR) is 80.9 cm³/mol. The third-order valence-electron chi connectivity index (χ3n) is 3.64. The van der Waals surface area contributed by atoms with Gasteiger partial charge in [-0.05, 0) is 30.3 Å². The van der Waals surface area contributed by atoms with E-state index < -0.39 is 35.2 Å². The first-order valence-electron chi connectivity index (χ1n) is 7.11. The van der Waals surface area contributed by atoms with Crippen LogP contribution in [0.25, 0.3) is 0 Å². The van der Waals surface area contributed by atoms with Crippen LogP contribution < -0.4 is 9.64 Å². The molecule has 2 aromatic carbocycles. The molecule has 0 N–H and O–H groups in total. The fourth-order valence-corrected chi connectivity index (χ4v) is 2.49. The summed E-state index contributed by atoms with van der Waals surface area (Å²) in [6.07, 6.45) is -1.05. The van der Waals surface area contributed by atoms with Gasteiger partial charge in [0, 0.05) is 0 Å². The minimum atomic E-state index is -1.05. The van der Waals surface area contributed by atoms with Crippen molar-refractivity contribution in [1.29, 1.82) is 0 Å². The summed E-state index contributed by atoms with van der Waals surface area (Å²) >= 11 is 0. The van der Waals surface area contributed by atoms with Crippen LogP contribution in [-0.2, 0) is 9.53 Å². The monoisotopic (exact) mass is 333 g/mol. The van der Waals surface area contributed by atoms with E-state index in [1.54, 1.807) is 24.3 Å². The van der Waals surface area contributed by atoms with E-state index in [0.717, 1.165) is 18.2 Å². The third kappa shape index (κ3) is 2.80. The van der Waals surface area contributed by atoms with Crippen LogP contribution in [0.5, 0.6) is 5.75 Å². The number of halogens is 2. The number of carbonyl (C=O) groups is 2. The SMILES string of the molecule is COC(=O)[C@@H]1CN(C(=O)c2cc(F)ccc2F)c2ccccc2O1. The normalized spacial score (nSPS) is 16.1. The summed E-state index contributed by atoms with van der Waals surface area (Å²) < 4.78 is 37.5. The number of fused-ring (bicyclic) bond motifs is 1. The van der Waals surface area contributed by atoms with Gasteiger partial charge in [0.15, 0.2) is 0 Å². The quantitative estimate of drug-likeness (QED) is 0.793. The fourth-order valence-electron chi connectivity index (χ4n) is 2.49. The molecule has 124 valence electrons. The van der Waals surface area contributed by atoms with Crippen LogP contribution in [0.2, 0.25) is 0 Å². The molecule has 0 fully saturated rings. The zero-order valence-electron chi connectivity index (χ0n) is 12.7. The molecule has 1 aliphatic rings. The first kappa shape index (κ1) is 15.9. The van der Waals surface area contributed by atoms with Crippen LogP contribution in [0.3, 0.4) is 0 Å². The summed E-state index contributed by atoms with van der Waals surface area (Å²) in [5, 5.41) is 0. The summed E-state index contributed by atoms with van der Waals surface area (Å²) in [6, 6.07) is 9.14. The number of methoxy groups -OCH3 is 1. The molecule has 3 rings (SSSR count). The third-order valence-corrected chi connectivity index (χ3v) is 3.64. The highest BCUT2D eigenvalue weighted by Crippen LogP contribution is 2.34. The van der Waals surface area contributed by atoms with Crippen molar-refractivity contribution in [1.82, 2.24) is 0 Å². The average molecular weight is 333 g/mol. The van der Waals surface area contributed by atoms with Gasteiger partial charge in [0.1, 0.15) is 17.4 Å². The van der Waals surface area contributed by atoms with E-state index in [0.29, 0.717) is 5.69 Å². The predicted octanol–water partition coefficient (Wildman–Crippen LogP) is 2.55. The molecule has 0 bridgehead atoms. The highest BCUT2D eigenvalue weighted by molar-refractivity contribution is 6.07. The molecule has 24 heavy (non-hydrogen) atoms. The van der Waals surface area contributed by atoms with Crippen molar-refractivity contribution < 1.29 is 27.8 Å². The Morgan fingerprint density at radius 3 is 2.71 bits per heavy atom. The molecular formula is C17H13F2NO4. The van der Waals surface area contributed by atoms with Crippen molar-refractivity contribution in [3.8, 4) is 5.75 Å². The van der Waals surface area contributed by atoms with E-state index in [4.69, 9.17) is 4.74 Å². The number of amides is 1. The molecule has 1 aliphatic heterocycles. The number of anilines is 1. The first-order chi connectivity index (χ1) is 11.5.